The van der Waals surface area contributed by atoms with Crippen molar-refractivity contribution in [2.75, 3.05) is 13.6 Å². The number of benzene rings is 1. The maximum absolute atomic E-state index is 12.9. The summed E-state index contributed by atoms with van der Waals surface area (Å²) in [6.07, 6.45) is 3.82. The second-order valence-electron chi connectivity index (χ2n) is 6.09. The second-order valence-corrected chi connectivity index (χ2v) is 6.09. The van der Waals surface area contributed by atoms with Crippen LogP contribution in [0.1, 0.15) is 37.2 Å². The van der Waals surface area contributed by atoms with Gasteiger partial charge in [0.15, 0.2) is 0 Å². The molecule has 108 valence electrons. The molecular formula is C16H21FN2O. The number of nitrogens with one attached hydrogen (secondary N) is 1. The smallest absolute Gasteiger partial charge is 0.222 e. The first-order chi connectivity index (χ1) is 9.61. The Morgan fingerprint density at radius 2 is 1.90 bits per heavy atom. The number of carbonyl (C=O) groups is 1. The number of hydrogen-bond donors (Lipinski definition) is 1. The van der Waals surface area contributed by atoms with Gasteiger partial charge in [0, 0.05) is 32.1 Å². The number of carbonyl (C=O) groups excluding carboxylic acids is 1. The maximum Gasteiger partial charge on any atom is 0.222 e. The van der Waals surface area contributed by atoms with Gasteiger partial charge < -0.3 is 10.2 Å². The van der Waals surface area contributed by atoms with Crippen molar-refractivity contribution in [3.63, 3.8) is 0 Å². The summed E-state index contributed by atoms with van der Waals surface area (Å²) in [6.45, 7) is 0.816. The van der Waals surface area contributed by atoms with Crippen molar-refractivity contribution in [1.82, 2.24) is 10.2 Å². The summed E-state index contributed by atoms with van der Waals surface area (Å²) in [5.74, 6) is 0.634. The Balaban J connectivity index is 1.46. The standard InChI is InChI=1S/C16H21FN2O/c1-19-10-14(6-7-16(19)20)18-15-8-12(9-15)11-2-4-13(17)5-3-11/h2-5,12,14-15,18H,6-10H2,1H3. The molecule has 1 aromatic carbocycles. The molecule has 1 saturated carbocycles. The van der Waals surface area contributed by atoms with Gasteiger partial charge in [0.25, 0.3) is 0 Å². The lowest BCUT2D eigenvalue weighted by Crippen LogP contribution is -2.52. The average Bonchev–Trinajstić information content (AvgIpc) is 2.39. The van der Waals surface area contributed by atoms with Gasteiger partial charge in [-0.1, -0.05) is 12.1 Å². The quantitative estimate of drug-likeness (QED) is 0.918. The molecule has 1 saturated heterocycles. The summed E-state index contributed by atoms with van der Waals surface area (Å²) >= 11 is 0. The van der Waals surface area contributed by atoms with Gasteiger partial charge >= 0.3 is 0 Å². The fourth-order valence-corrected chi connectivity index (χ4v) is 3.24. The largest absolute Gasteiger partial charge is 0.344 e. The molecule has 0 spiro atoms. The van der Waals surface area contributed by atoms with Crippen LogP contribution >= 0.6 is 0 Å². The first kappa shape index (κ1) is 13.6. The van der Waals surface area contributed by atoms with Gasteiger partial charge in [0.1, 0.15) is 5.82 Å². The molecule has 1 unspecified atom stereocenters. The summed E-state index contributed by atoms with van der Waals surface area (Å²) in [7, 11) is 1.87. The van der Waals surface area contributed by atoms with E-state index in [1.807, 2.05) is 24.1 Å². The predicted octanol–water partition coefficient (Wildman–Crippen LogP) is 2.28. The van der Waals surface area contributed by atoms with Crippen LogP contribution in [-0.4, -0.2) is 36.5 Å². The number of piperidine rings is 1. The van der Waals surface area contributed by atoms with E-state index < -0.39 is 0 Å². The lowest BCUT2D eigenvalue weighted by atomic mass is 9.75. The van der Waals surface area contributed by atoms with Gasteiger partial charge in [0.05, 0.1) is 0 Å². The van der Waals surface area contributed by atoms with Crippen molar-refractivity contribution >= 4 is 5.91 Å². The van der Waals surface area contributed by atoms with Crippen LogP contribution in [0, 0.1) is 5.82 Å². The highest BCUT2D eigenvalue weighted by Gasteiger charge is 2.33. The van der Waals surface area contributed by atoms with Gasteiger partial charge in [-0.05, 0) is 42.9 Å². The fraction of sp³-hybridized carbons (Fsp3) is 0.562. The van der Waals surface area contributed by atoms with E-state index in [0.29, 0.717) is 24.4 Å². The number of rotatable bonds is 3. The SMILES string of the molecule is CN1CC(NC2CC(c3ccc(F)cc3)C2)CCC1=O. The Hall–Kier alpha value is -1.42. The van der Waals surface area contributed by atoms with Crippen LogP contribution in [0.5, 0.6) is 0 Å². The topological polar surface area (TPSA) is 32.3 Å². The van der Waals surface area contributed by atoms with Gasteiger partial charge in [-0.25, -0.2) is 4.39 Å². The number of nitrogens with zero attached hydrogens (tertiary/aromatic N) is 1. The van der Waals surface area contributed by atoms with Crippen molar-refractivity contribution in [2.45, 2.75) is 43.7 Å². The molecule has 1 atom stereocenters. The third kappa shape index (κ3) is 2.85. The van der Waals surface area contributed by atoms with Gasteiger partial charge in [-0.15, -0.1) is 0 Å². The molecule has 1 aliphatic carbocycles. The molecule has 1 heterocycles. The van der Waals surface area contributed by atoms with E-state index in [9.17, 15) is 9.18 Å². The fourth-order valence-electron chi connectivity index (χ4n) is 3.24. The lowest BCUT2D eigenvalue weighted by Gasteiger charge is -2.41. The second kappa shape index (κ2) is 5.52. The molecule has 2 fully saturated rings. The molecule has 1 aliphatic heterocycles. The van der Waals surface area contributed by atoms with E-state index in [4.69, 9.17) is 0 Å². The molecule has 3 rings (SSSR count). The summed E-state index contributed by atoms with van der Waals surface area (Å²) in [4.78, 5) is 13.3. The Kier molecular flexibility index (Phi) is 3.74. The van der Waals surface area contributed by atoms with E-state index in [0.717, 1.165) is 25.8 Å². The highest BCUT2D eigenvalue weighted by atomic mass is 19.1. The maximum atomic E-state index is 12.9. The molecule has 3 nitrogen and oxygen atoms in total. The number of likely N-dealkylation sites (N-methyl/N-ethyl adjacent to an activating group) is 1. The number of hydrogen-bond acceptors (Lipinski definition) is 2. The molecule has 1 N–H and O–H groups in total. The summed E-state index contributed by atoms with van der Waals surface area (Å²) in [5.41, 5.74) is 1.24. The first-order valence-corrected chi connectivity index (χ1v) is 7.37. The van der Waals surface area contributed by atoms with E-state index in [1.165, 1.54) is 17.7 Å². The Morgan fingerprint density at radius 3 is 2.55 bits per heavy atom. The van der Waals surface area contributed by atoms with E-state index in [-0.39, 0.29) is 11.7 Å². The number of likely N-dealkylation sites (tertiary alicyclic amines) is 1. The van der Waals surface area contributed by atoms with E-state index in [1.54, 1.807) is 0 Å². The molecule has 2 aliphatic rings. The van der Waals surface area contributed by atoms with E-state index >= 15 is 0 Å². The molecule has 4 heteroatoms. The average molecular weight is 276 g/mol. The predicted molar refractivity (Wildman–Crippen MR) is 76.0 cm³/mol. The first-order valence-electron chi connectivity index (χ1n) is 7.37. The van der Waals surface area contributed by atoms with Crippen molar-refractivity contribution in [2.24, 2.45) is 0 Å². The zero-order valence-electron chi connectivity index (χ0n) is 11.8. The number of amides is 1. The Labute approximate surface area is 119 Å². The van der Waals surface area contributed by atoms with Crippen LogP contribution in [0.4, 0.5) is 4.39 Å². The minimum absolute atomic E-state index is 0.169. The zero-order chi connectivity index (χ0) is 14.1. The van der Waals surface area contributed by atoms with E-state index in [2.05, 4.69) is 5.32 Å². The molecule has 1 aromatic rings. The lowest BCUT2D eigenvalue weighted by molar-refractivity contribution is -0.132. The van der Waals surface area contributed by atoms with Crippen LogP contribution in [-0.2, 0) is 4.79 Å². The minimum Gasteiger partial charge on any atom is -0.344 e. The van der Waals surface area contributed by atoms with Crippen molar-refractivity contribution < 1.29 is 9.18 Å². The molecule has 0 bridgehead atoms. The summed E-state index contributed by atoms with van der Waals surface area (Å²) in [6, 6.07) is 7.83. The van der Waals surface area contributed by atoms with Crippen molar-refractivity contribution in [1.29, 1.82) is 0 Å². The number of halogens is 1. The summed E-state index contributed by atoms with van der Waals surface area (Å²) < 4.78 is 12.9. The van der Waals surface area contributed by atoms with Crippen LogP contribution in [0.3, 0.4) is 0 Å². The summed E-state index contributed by atoms with van der Waals surface area (Å²) in [5, 5.41) is 3.65. The van der Waals surface area contributed by atoms with Gasteiger partial charge in [-0.3, -0.25) is 4.79 Å². The highest BCUT2D eigenvalue weighted by molar-refractivity contribution is 5.76. The van der Waals surface area contributed by atoms with Crippen LogP contribution < -0.4 is 5.32 Å². The third-order valence-electron chi connectivity index (χ3n) is 4.58. The van der Waals surface area contributed by atoms with Crippen LogP contribution in [0.25, 0.3) is 0 Å². The molecule has 1 amide bonds. The zero-order valence-corrected chi connectivity index (χ0v) is 11.8. The minimum atomic E-state index is -0.169. The molecule has 20 heavy (non-hydrogen) atoms. The van der Waals surface area contributed by atoms with Crippen LogP contribution in [0.15, 0.2) is 24.3 Å². The Morgan fingerprint density at radius 1 is 1.20 bits per heavy atom. The van der Waals surface area contributed by atoms with Gasteiger partial charge in [-0.2, -0.15) is 0 Å². The van der Waals surface area contributed by atoms with Gasteiger partial charge in [0.2, 0.25) is 5.91 Å². The van der Waals surface area contributed by atoms with Crippen molar-refractivity contribution in [3.8, 4) is 0 Å². The molecule has 0 aromatic heterocycles. The monoisotopic (exact) mass is 276 g/mol. The molecule has 0 radical (unpaired) electrons. The Bertz CT molecular complexity index is 482. The highest BCUT2D eigenvalue weighted by Crippen LogP contribution is 2.37. The molecular weight excluding hydrogens is 255 g/mol. The third-order valence-corrected chi connectivity index (χ3v) is 4.58. The normalized spacial score (nSPS) is 30.2. The van der Waals surface area contributed by atoms with Crippen molar-refractivity contribution in [3.05, 3.63) is 35.6 Å². The van der Waals surface area contributed by atoms with Crippen LogP contribution in [0.2, 0.25) is 0 Å².